The third kappa shape index (κ3) is 3.83. The number of methoxy groups -OCH3 is 1. The highest BCUT2D eigenvalue weighted by atomic mass is 35.5. The van der Waals surface area contributed by atoms with Gasteiger partial charge in [0.1, 0.15) is 0 Å². The fourth-order valence-corrected chi connectivity index (χ4v) is 2.60. The first-order valence-corrected chi connectivity index (χ1v) is 7.00. The maximum Gasteiger partial charge on any atom is 0.0731 e. The van der Waals surface area contributed by atoms with Crippen LogP contribution in [0.3, 0.4) is 0 Å². The van der Waals surface area contributed by atoms with Crippen molar-refractivity contribution >= 4 is 17.3 Å². The molecule has 1 aromatic carbocycles. The zero-order valence-electron chi connectivity index (χ0n) is 11.2. The molecule has 1 heterocycles. The first kappa shape index (κ1) is 14.6. The minimum atomic E-state index is -0.228. The van der Waals surface area contributed by atoms with Crippen LogP contribution in [0.1, 0.15) is 12.0 Å². The molecule has 1 aromatic rings. The van der Waals surface area contributed by atoms with Crippen LogP contribution in [0.5, 0.6) is 0 Å². The number of β-amino-alcohol motifs (C(OH)–C–C–N with tert-alkyl or cyclic N) is 1. The largest absolute Gasteiger partial charge is 0.391 e. The maximum absolute atomic E-state index is 9.66. The van der Waals surface area contributed by atoms with Gasteiger partial charge in [0.05, 0.1) is 12.7 Å². The fraction of sp³-hybridized carbons (Fsp3) is 0.571. The Morgan fingerprint density at radius 1 is 1.53 bits per heavy atom. The molecule has 0 aromatic heterocycles. The predicted octanol–water partition coefficient (Wildman–Crippen LogP) is 1.65. The highest BCUT2D eigenvalue weighted by molar-refractivity contribution is 6.31. The van der Waals surface area contributed by atoms with Gasteiger partial charge in [-0.15, -0.1) is 0 Å². The van der Waals surface area contributed by atoms with E-state index in [1.165, 1.54) is 0 Å². The molecule has 0 saturated carbocycles. The van der Waals surface area contributed by atoms with Gasteiger partial charge in [0.25, 0.3) is 0 Å². The molecule has 0 aliphatic carbocycles. The molecule has 106 valence electrons. The van der Waals surface area contributed by atoms with Gasteiger partial charge >= 0.3 is 0 Å². The number of anilines is 1. The van der Waals surface area contributed by atoms with Crippen molar-refractivity contribution in [2.24, 2.45) is 0 Å². The summed E-state index contributed by atoms with van der Waals surface area (Å²) in [6.07, 6.45) is 0.594. The lowest BCUT2D eigenvalue weighted by Crippen LogP contribution is -2.25. The second-order valence-electron chi connectivity index (χ2n) is 4.80. The number of aliphatic hydroxyl groups is 1. The van der Waals surface area contributed by atoms with Gasteiger partial charge in [-0.05, 0) is 18.6 Å². The topological polar surface area (TPSA) is 44.7 Å². The molecule has 2 rings (SSSR count). The molecule has 1 unspecified atom stereocenters. The Morgan fingerprint density at radius 3 is 3.05 bits per heavy atom. The number of ether oxygens (including phenoxy) is 1. The molecule has 4 nitrogen and oxygen atoms in total. The molecule has 19 heavy (non-hydrogen) atoms. The smallest absolute Gasteiger partial charge is 0.0731 e. The standard InChI is InChI=1S/C14H21ClN2O2/c1-19-8-6-16-9-12-13(15)3-2-4-14(12)17-7-5-11(18)10-17/h2-4,11,16,18H,5-10H2,1H3. The molecule has 1 atom stereocenters. The molecular formula is C14H21ClN2O2. The van der Waals surface area contributed by atoms with E-state index in [4.69, 9.17) is 16.3 Å². The van der Waals surface area contributed by atoms with Crippen LogP contribution in [-0.2, 0) is 11.3 Å². The molecule has 5 heteroatoms. The Balaban J connectivity index is 2.07. The number of benzene rings is 1. The normalized spacial score (nSPS) is 19.1. The van der Waals surface area contributed by atoms with E-state index in [0.29, 0.717) is 19.7 Å². The molecule has 1 saturated heterocycles. The molecular weight excluding hydrogens is 264 g/mol. The number of aliphatic hydroxyl groups excluding tert-OH is 1. The lowest BCUT2D eigenvalue weighted by Gasteiger charge is -2.22. The van der Waals surface area contributed by atoms with E-state index in [-0.39, 0.29) is 6.10 Å². The van der Waals surface area contributed by atoms with E-state index in [1.807, 2.05) is 12.1 Å². The van der Waals surface area contributed by atoms with Crippen LogP contribution in [0.15, 0.2) is 18.2 Å². The number of rotatable bonds is 6. The minimum absolute atomic E-state index is 0.228. The summed E-state index contributed by atoms with van der Waals surface area (Å²) in [5.41, 5.74) is 2.21. The monoisotopic (exact) mass is 284 g/mol. The van der Waals surface area contributed by atoms with E-state index >= 15 is 0 Å². The van der Waals surface area contributed by atoms with Crippen LogP contribution >= 0.6 is 11.6 Å². The van der Waals surface area contributed by atoms with Gasteiger partial charge in [0, 0.05) is 49.6 Å². The molecule has 0 spiro atoms. The average molecular weight is 285 g/mol. The Labute approximate surface area is 119 Å². The van der Waals surface area contributed by atoms with Crippen LogP contribution in [0.4, 0.5) is 5.69 Å². The minimum Gasteiger partial charge on any atom is -0.391 e. The highest BCUT2D eigenvalue weighted by Gasteiger charge is 2.22. The molecule has 1 fully saturated rings. The van der Waals surface area contributed by atoms with Gasteiger partial charge in [0.15, 0.2) is 0 Å². The summed E-state index contributed by atoms with van der Waals surface area (Å²) in [4.78, 5) is 2.20. The van der Waals surface area contributed by atoms with Gasteiger partial charge in [-0.2, -0.15) is 0 Å². The van der Waals surface area contributed by atoms with E-state index in [2.05, 4.69) is 16.3 Å². The zero-order chi connectivity index (χ0) is 13.7. The quantitative estimate of drug-likeness (QED) is 0.780. The molecule has 1 aliphatic heterocycles. The van der Waals surface area contributed by atoms with E-state index in [9.17, 15) is 5.11 Å². The number of nitrogens with zero attached hydrogens (tertiary/aromatic N) is 1. The zero-order valence-corrected chi connectivity index (χ0v) is 12.0. The van der Waals surface area contributed by atoms with Gasteiger partial charge in [-0.1, -0.05) is 17.7 Å². The van der Waals surface area contributed by atoms with Crippen LogP contribution < -0.4 is 10.2 Å². The Morgan fingerprint density at radius 2 is 2.37 bits per heavy atom. The summed E-state index contributed by atoms with van der Waals surface area (Å²) < 4.78 is 5.02. The average Bonchev–Trinajstić information content (AvgIpc) is 2.82. The highest BCUT2D eigenvalue weighted by Crippen LogP contribution is 2.29. The van der Waals surface area contributed by atoms with Crippen molar-refractivity contribution < 1.29 is 9.84 Å². The summed E-state index contributed by atoms with van der Waals surface area (Å²) in [5, 5.41) is 13.7. The van der Waals surface area contributed by atoms with Crippen molar-refractivity contribution in [2.75, 3.05) is 38.3 Å². The van der Waals surface area contributed by atoms with Crippen molar-refractivity contribution in [1.82, 2.24) is 5.32 Å². The number of hydrogen-bond acceptors (Lipinski definition) is 4. The summed E-state index contributed by atoms with van der Waals surface area (Å²) in [5.74, 6) is 0. The lowest BCUT2D eigenvalue weighted by atomic mass is 10.1. The maximum atomic E-state index is 9.66. The van der Waals surface area contributed by atoms with Crippen LogP contribution in [0.25, 0.3) is 0 Å². The summed E-state index contributed by atoms with van der Waals surface area (Å²) in [7, 11) is 1.69. The fourth-order valence-electron chi connectivity index (χ4n) is 2.37. The number of nitrogens with one attached hydrogen (secondary N) is 1. The van der Waals surface area contributed by atoms with Crippen LogP contribution in [0, 0.1) is 0 Å². The van der Waals surface area contributed by atoms with Crippen molar-refractivity contribution in [1.29, 1.82) is 0 Å². The van der Waals surface area contributed by atoms with Crippen molar-refractivity contribution in [3.05, 3.63) is 28.8 Å². The Hall–Kier alpha value is -0.810. The van der Waals surface area contributed by atoms with E-state index in [1.54, 1.807) is 7.11 Å². The van der Waals surface area contributed by atoms with Crippen LogP contribution in [0.2, 0.25) is 5.02 Å². The second-order valence-corrected chi connectivity index (χ2v) is 5.20. The third-order valence-corrected chi connectivity index (χ3v) is 3.74. The SMILES string of the molecule is COCCNCc1c(Cl)cccc1N1CCC(O)C1. The molecule has 0 radical (unpaired) electrons. The second kappa shape index (κ2) is 7.10. The molecule has 1 aliphatic rings. The summed E-state index contributed by atoms with van der Waals surface area (Å²) >= 11 is 6.30. The molecule has 0 bridgehead atoms. The molecule has 2 N–H and O–H groups in total. The Bertz CT molecular complexity index is 414. The number of hydrogen-bond donors (Lipinski definition) is 2. The number of halogens is 1. The van der Waals surface area contributed by atoms with E-state index in [0.717, 1.165) is 35.8 Å². The first-order chi connectivity index (χ1) is 9.22. The van der Waals surface area contributed by atoms with Crippen molar-refractivity contribution in [3.63, 3.8) is 0 Å². The van der Waals surface area contributed by atoms with E-state index < -0.39 is 0 Å². The van der Waals surface area contributed by atoms with Gasteiger partial charge in [0.2, 0.25) is 0 Å². The van der Waals surface area contributed by atoms with Crippen molar-refractivity contribution in [3.8, 4) is 0 Å². The lowest BCUT2D eigenvalue weighted by molar-refractivity contribution is 0.198. The summed E-state index contributed by atoms with van der Waals surface area (Å²) in [6, 6.07) is 5.93. The molecule has 0 amide bonds. The predicted molar refractivity (Wildman–Crippen MR) is 77.9 cm³/mol. The van der Waals surface area contributed by atoms with Crippen molar-refractivity contribution in [2.45, 2.75) is 19.1 Å². The van der Waals surface area contributed by atoms with Gasteiger partial charge < -0.3 is 20.1 Å². The summed E-state index contributed by atoms with van der Waals surface area (Å²) in [6.45, 7) is 3.76. The van der Waals surface area contributed by atoms with Gasteiger partial charge in [-0.25, -0.2) is 0 Å². The first-order valence-electron chi connectivity index (χ1n) is 6.62. The third-order valence-electron chi connectivity index (χ3n) is 3.38. The van der Waals surface area contributed by atoms with Gasteiger partial charge in [-0.3, -0.25) is 0 Å². The Kier molecular flexibility index (Phi) is 5.45. The van der Waals surface area contributed by atoms with Crippen LogP contribution in [-0.4, -0.2) is 44.6 Å².